The number of nitrogens with zero attached hydrogens (tertiary/aromatic N) is 6. The fourth-order valence-corrected chi connectivity index (χ4v) is 6.16. The van der Waals surface area contributed by atoms with Gasteiger partial charge in [0.15, 0.2) is 0 Å². The van der Waals surface area contributed by atoms with Crippen LogP contribution in [0.2, 0.25) is 0 Å². The van der Waals surface area contributed by atoms with Crippen LogP contribution in [0.15, 0.2) is 53.8 Å². The third-order valence-electron chi connectivity index (χ3n) is 8.70. The summed E-state index contributed by atoms with van der Waals surface area (Å²) in [7, 11) is 1.88. The number of benzene rings is 1. The Labute approximate surface area is 233 Å². The first kappa shape index (κ1) is 27.6. The molecule has 0 N–H and O–H groups in total. The summed E-state index contributed by atoms with van der Waals surface area (Å²) in [5.41, 5.74) is -0.240. The van der Waals surface area contributed by atoms with Crippen molar-refractivity contribution in [3.05, 3.63) is 82.1 Å². The lowest BCUT2D eigenvalue weighted by Crippen LogP contribution is -2.45. The minimum atomic E-state index is -4.72. The highest BCUT2D eigenvalue weighted by molar-refractivity contribution is 5.58. The van der Waals surface area contributed by atoms with Crippen molar-refractivity contribution in [2.45, 2.75) is 57.2 Å². The number of hydrogen-bond donors (Lipinski definition) is 0. The molecule has 0 radical (unpaired) electrons. The smallest absolute Gasteiger partial charge is 0.320 e. The van der Waals surface area contributed by atoms with Crippen LogP contribution in [0.3, 0.4) is 0 Å². The molecular weight excluding hydrogens is 543 g/mol. The van der Waals surface area contributed by atoms with Gasteiger partial charge in [0.2, 0.25) is 0 Å². The molecule has 0 amide bonds. The molecule has 1 saturated heterocycles. The van der Waals surface area contributed by atoms with Crippen molar-refractivity contribution in [3.63, 3.8) is 0 Å². The molecule has 6 rings (SSSR count). The van der Waals surface area contributed by atoms with Crippen molar-refractivity contribution in [3.8, 4) is 5.69 Å². The number of fused-ring (bicyclic) bond motifs is 1. The van der Waals surface area contributed by atoms with Crippen LogP contribution in [0.4, 0.5) is 22.0 Å². The molecule has 1 saturated carbocycles. The van der Waals surface area contributed by atoms with Gasteiger partial charge in [-0.2, -0.15) is 13.2 Å². The molecule has 2 atom stereocenters. The second kappa shape index (κ2) is 10.1. The summed E-state index contributed by atoms with van der Waals surface area (Å²) in [6.07, 6.45) is 2.36. The van der Waals surface area contributed by atoms with E-state index in [2.05, 4.69) is 10.2 Å². The van der Waals surface area contributed by atoms with E-state index in [1.54, 1.807) is 23.4 Å². The minimum Gasteiger partial charge on any atom is -0.320 e. The predicted molar refractivity (Wildman–Crippen MR) is 142 cm³/mol. The summed E-state index contributed by atoms with van der Waals surface area (Å²) in [4.78, 5) is 15.3. The van der Waals surface area contributed by atoms with Gasteiger partial charge in [-0.25, -0.2) is 13.6 Å². The van der Waals surface area contributed by atoms with Crippen molar-refractivity contribution in [2.24, 2.45) is 18.9 Å². The van der Waals surface area contributed by atoms with E-state index in [-0.39, 0.29) is 43.1 Å². The number of aromatic nitrogens is 5. The zero-order valence-electron chi connectivity index (χ0n) is 22.8. The highest BCUT2D eigenvalue weighted by atomic mass is 19.4. The highest BCUT2D eigenvalue weighted by Gasteiger charge is 2.41. The van der Waals surface area contributed by atoms with Crippen LogP contribution in [0, 0.1) is 11.8 Å². The third-order valence-corrected chi connectivity index (χ3v) is 8.70. The zero-order valence-corrected chi connectivity index (χ0v) is 22.8. The first-order valence-corrected chi connectivity index (χ1v) is 13.8. The lowest BCUT2D eigenvalue weighted by Gasteiger charge is -2.36. The van der Waals surface area contributed by atoms with E-state index in [0.29, 0.717) is 11.6 Å². The molecule has 1 unspecified atom stereocenters. The molecule has 4 aromatic rings. The summed E-state index contributed by atoms with van der Waals surface area (Å²) >= 11 is 0. The first-order valence-electron chi connectivity index (χ1n) is 13.8. The van der Waals surface area contributed by atoms with E-state index in [1.165, 1.54) is 23.9 Å². The fraction of sp³-hybridized carbons (Fsp3) is 0.483. The number of imidazole rings is 1. The van der Waals surface area contributed by atoms with Crippen LogP contribution in [-0.4, -0.2) is 47.6 Å². The van der Waals surface area contributed by atoms with E-state index in [1.807, 2.05) is 23.7 Å². The molecule has 41 heavy (non-hydrogen) atoms. The quantitative estimate of drug-likeness (QED) is 0.280. The van der Waals surface area contributed by atoms with Crippen molar-refractivity contribution < 1.29 is 22.0 Å². The van der Waals surface area contributed by atoms with Crippen LogP contribution >= 0.6 is 0 Å². The second-order valence-corrected chi connectivity index (χ2v) is 11.5. The van der Waals surface area contributed by atoms with Gasteiger partial charge in [0.05, 0.1) is 16.8 Å². The van der Waals surface area contributed by atoms with Crippen molar-refractivity contribution >= 4 is 5.52 Å². The van der Waals surface area contributed by atoms with E-state index in [9.17, 15) is 26.7 Å². The lowest BCUT2D eigenvalue weighted by molar-refractivity contribution is -0.136. The number of rotatable bonds is 6. The molecule has 2 aliphatic rings. The summed E-state index contributed by atoms with van der Waals surface area (Å²) in [5.74, 6) is -2.61. The standard InChI is InChI=1S/C29H31F5N6O/c1-18-13-38(10-9-28(18,30)31)14-19-11-23(29(32,33)34)24-16-39(27(41)40(24)15-19)22-8-4-7-21(12-22)25(20-5-3-6-20)26-36-35-17-37(26)2/h4,7-8,11-12,15-18,20,25H,3,5-6,9-10,13-14H2,1-2H3/t18?,25-/m0/s1. The Balaban J connectivity index is 1.40. The summed E-state index contributed by atoms with van der Waals surface area (Å²) in [6, 6.07) is 8.30. The van der Waals surface area contributed by atoms with Gasteiger partial charge < -0.3 is 4.57 Å². The molecular formula is C29H31F5N6O. The number of likely N-dealkylation sites (tertiary alicyclic amines) is 1. The Hall–Kier alpha value is -3.54. The number of hydrogen-bond acceptors (Lipinski definition) is 4. The maximum atomic E-state index is 14.2. The lowest BCUT2D eigenvalue weighted by atomic mass is 9.72. The number of piperidine rings is 1. The van der Waals surface area contributed by atoms with Crippen molar-refractivity contribution in [1.82, 2.24) is 28.6 Å². The minimum absolute atomic E-state index is 0.0350. The van der Waals surface area contributed by atoms with Crippen molar-refractivity contribution in [2.75, 3.05) is 13.1 Å². The molecule has 1 aromatic carbocycles. The van der Waals surface area contributed by atoms with Crippen LogP contribution < -0.4 is 5.69 Å². The molecule has 1 aliphatic heterocycles. The molecule has 1 aliphatic carbocycles. The Morgan fingerprint density at radius 1 is 1.15 bits per heavy atom. The summed E-state index contributed by atoms with van der Waals surface area (Å²) in [5, 5.41) is 8.36. The van der Waals surface area contributed by atoms with Gasteiger partial charge >= 0.3 is 11.9 Å². The normalized spacial score (nSPS) is 20.8. The Morgan fingerprint density at radius 2 is 1.93 bits per heavy atom. The molecule has 218 valence electrons. The molecule has 4 heterocycles. The molecule has 12 heteroatoms. The molecule has 2 fully saturated rings. The molecule has 7 nitrogen and oxygen atoms in total. The van der Waals surface area contributed by atoms with E-state index < -0.39 is 29.3 Å². The Morgan fingerprint density at radius 3 is 2.56 bits per heavy atom. The van der Waals surface area contributed by atoms with Gasteiger partial charge in [-0.1, -0.05) is 25.5 Å². The average Bonchev–Trinajstić information content (AvgIpc) is 3.45. The summed E-state index contributed by atoms with van der Waals surface area (Å²) in [6.45, 7) is 1.60. The number of halogens is 5. The highest BCUT2D eigenvalue weighted by Crippen LogP contribution is 2.43. The number of alkyl halides is 5. The summed E-state index contributed by atoms with van der Waals surface area (Å²) < 4.78 is 74.7. The van der Waals surface area contributed by atoms with Crippen LogP contribution in [-0.2, 0) is 19.8 Å². The van der Waals surface area contributed by atoms with Crippen molar-refractivity contribution in [1.29, 1.82) is 0 Å². The molecule has 0 bridgehead atoms. The monoisotopic (exact) mass is 574 g/mol. The van der Waals surface area contributed by atoms with E-state index in [0.717, 1.165) is 41.1 Å². The maximum absolute atomic E-state index is 14.2. The topological polar surface area (TPSA) is 60.4 Å². The Kier molecular flexibility index (Phi) is 6.79. The van der Waals surface area contributed by atoms with Crippen LogP contribution in [0.5, 0.6) is 0 Å². The Bertz CT molecular complexity index is 1630. The van der Waals surface area contributed by atoms with Crippen LogP contribution in [0.25, 0.3) is 11.2 Å². The van der Waals surface area contributed by atoms with Gasteiger partial charge in [0.25, 0.3) is 5.92 Å². The van der Waals surface area contributed by atoms with E-state index in [4.69, 9.17) is 0 Å². The zero-order chi connectivity index (χ0) is 29.1. The SMILES string of the molecule is CC1CN(Cc2cc(C(F)(F)F)c3cn(-c4cccc([C@@H](c5nncn5C)C5CCC5)c4)c(=O)n3c2)CCC1(F)F. The van der Waals surface area contributed by atoms with Gasteiger partial charge in [0, 0.05) is 57.3 Å². The molecule has 0 spiro atoms. The second-order valence-electron chi connectivity index (χ2n) is 11.5. The predicted octanol–water partition coefficient (Wildman–Crippen LogP) is 5.65. The largest absolute Gasteiger partial charge is 0.418 e. The average molecular weight is 575 g/mol. The maximum Gasteiger partial charge on any atom is 0.418 e. The molecule has 3 aromatic heterocycles. The van der Waals surface area contributed by atoms with Gasteiger partial charge in [0.1, 0.15) is 12.2 Å². The first-order chi connectivity index (χ1) is 19.4. The van der Waals surface area contributed by atoms with Gasteiger partial charge in [-0.3, -0.25) is 13.9 Å². The van der Waals surface area contributed by atoms with E-state index >= 15 is 0 Å². The third kappa shape index (κ3) is 5.06. The van der Waals surface area contributed by atoms with Crippen LogP contribution in [0.1, 0.15) is 61.0 Å². The van der Waals surface area contributed by atoms with Gasteiger partial charge in [-0.15, -0.1) is 10.2 Å². The fourth-order valence-electron chi connectivity index (χ4n) is 6.16. The number of aryl methyl sites for hydroxylation is 1. The number of pyridine rings is 1. The van der Waals surface area contributed by atoms with Gasteiger partial charge in [-0.05, 0) is 48.1 Å².